The van der Waals surface area contributed by atoms with Gasteiger partial charge in [-0.3, -0.25) is 0 Å². The Labute approximate surface area is 104 Å². The second-order valence-electron chi connectivity index (χ2n) is 3.39. The van der Waals surface area contributed by atoms with Gasteiger partial charge in [0.2, 0.25) is 0 Å². The largest absolute Gasteiger partial charge is 0.455 e. The molecule has 0 amide bonds. The normalized spacial score (nSPS) is 9.65. The molecule has 0 atom stereocenters. The number of para-hydroxylation sites is 1. The first-order valence-electron chi connectivity index (χ1n) is 4.92. The van der Waals surface area contributed by atoms with Crippen molar-refractivity contribution in [3.05, 3.63) is 53.1 Å². The van der Waals surface area contributed by atoms with Crippen LogP contribution in [0.15, 0.2) is 42.5 Å². The molecule has 0 saturated heterocycles. The summed E-state index contributed by atoms with van der Waals surface area (Å²) < 4.78 is 5.57. The predicted molar refractivity (Wildman–Crippen MR) is 67.1 cm³/mol. The Morgan fingerprint density at radius 1 is 1.18 bits per heavy atom. The number of nitriles is 1. The van der Waals surface area contributed by atoms with Gasteiger partial charge in [-0.05, 0) is 30.3 Å². The molecule has 0 aliphatic heterocycles. The van der Waals surface area contributed by atoms with Gasteiger partial charge in [-0.25, -0.2) is 0 Å². The molecule has 0 spiro atoms. The topological polar surface area (TPSA) is 59.0 Å². The van der Waals surface area contributed by atoms with Crippen LogP contribution in [0.3, 0.4) is 0 Å². The van der Waals surface area contributed by atoms with Crippen molar-refractivity contribution in [2.75, 3.05) is 5.73 Å². The van der Waals surface area contributed by atoms with Crippen LogP contribution in [0.1, 0.15) is 5.56 Å². The van der Waals surface area contributed by atoms with E-state index in [9.17, 15) is 0 Å². The van der Waals surface area contributed by atoms with Gasteiger partial charge in [0.1, 0.15) is 11.8 Å². The summed E-state index contributed by atoms with van der Waals surface area (Å²) in [4.78, 5) is 0. The SMILES string of the molecule is N#Cc1cccc(Oc2cccc(Cl)c2)c1N. The van der Waals surface area contributed by atoms with E-state index in [1.54, 1.807) is 42.5 Å². The maximum atomic E-state index is 8.85. The van der Waals surface area contributed by atoms with Gasteiger partial charge in [0.15, 0.2) is 5.75 Å². The summed E-state index contributed by atoms with van der Waals surface area (Å²) in [5.74, 6) is 1.03. The first-order chi connectivity index (χ1) is 8.20. The zero-order valence-electron chi connectivity index (χ0n) is 8.85. The van der Waals surface area contributed by atoms with Crippen molar-refractivity contribution in [1.82, 2.24) is 0 Å². The minimum Gasteiger partial charge on any atom is -0.455 e. The van der Waals surface area contributed by atoms with E-state index in [2.05, 4.69) is 0 Å². The molecule has 0 bridgehead atoms. The van der Waals surface area contributed by atoms with Crippen LogP contribution < -0.4 is 10.5 Å². The molecule has 4 heteroatoms. The van der Waals surface area contributed by atoms with E-state index in [0.29, 0.717) is 27.8 Å². The van der Waals surface area contributed by atoms with Crippen molar-refractivity contribution in [3.63, 3.8) is 0 Å². The van der Waals surface area contributed by atoms with Gasteiger partial charge in [0.05, 0.1) is 11.3 Å². The molecule has 0 unspecified atom stereocenters. The molecular weight excluding hydrogens is 236 g/mol. The Morgan fingerprint density at radius 3 is 2.65 bits per heavy atom. The third-order valence-electron chi connectivity index (χ3n) is 2.21. The van der Waals surface area contributed by atoms with Crippen LogP contribution in [0.4, 0.5) is 5.69 Å². The van der Waals surface area contributed by atoms with Gasteiger partial charge >= 0.3 is 0 Å². The molecule has 2 aromatic carbocycles. The summed E-state index contributed by atoms with van der Waals surface area (Å²) in [6.45, 7) is 0. The highest BCUT2D eigenvalue weighted by atomic mass is 35.5. The standard InChI is InChI=1S/C13H9ClN2O/c14-10-4-2-5-11(7-10)17-12-6-1-3-9(8-15)13(12)16/h1-7H,16H2. The lowest BCUT2D eigenvalue weighted by atomic mass is 10.2. The number of ether oxygens (including phenoxy) is 1. The van der Waals surface area contributed by atoms with Crippen molar-refractivity contribution in [2.24, 2.45) is 0 Å². The molecule has 0 saturated carbocycles. The van der Waals surface area contributed by atoms with Gasteiger partial charge in [0, 0.05) is 5.02 Å². The first-order valence-corrected chi connectivity index (χ1v) is 5.30. The summed E-state index contributed by atoms with van der Waals surface area (Å²) in [7, 11) is 0. The summed E-state index contributed by atoms with van der Waals surface area (Å²) in [6, 6.07) is 14.0. The molecule has 2 N–H and O–H groups in total. The average Bonchev–Trinajstić information content (AvgIpc) is 2.32. The Hall–Kier alpha value is -2.18. The number of nitrogens with zero attached hydrogens (tertiary/aromatic N) is 1. The van der Waals surface area contributed by atoms with Gasteiger partial charge in [-0.15, -0.1) is 0 Å². The van der Waals surface area contributed by atoms with Crippen LogP contribution in [0, 0.1) is 11.3 Å². The number of nitrogens with two attached hydrogens (primary N) is 1. The molecule has 0 aromatic heterocycles. The minimum absolute atomic E-state index is 0.329. The molecule has 2 rings (SSSR count). The van der Waals surface area contributed by atoms with E-state index in [-0.39, 0.29) is 0 Å². The Balaban J connectivity index is 2.34. The van der Waals surface area contributed by atoms with E-state index in [1.165, 1.54) is 0 Å². The number of hydrogen-bond acceptors (Lipinski definition) is 3. The van der Waals surface area contributed by atoms with E-state index in [4.69, 9.17) is 27.3 Å². The van der Waals surface area contributed by atoms with Crippen LogP contribution in [0.2, 0.25) is 5.02 Å². The summed E-state index contributed by atoms with van der Waals surface area (Å²) >= 11 is 5.85. The van der Waals surface area contributed by atoms with E-state index in [0.717, 1.165) is 0 Å². The summed E-state index contributed by atoms with van der Waals surface area (Å²) in [5, 5.41) is 9.43. The third-order valence-corrected chi connectivity index (χ3v) is 2.45. The number of nitrogen functional groups attached to an aromatic ring is 1. The van der Waals surface area contributed by atoms with E-state index in [1.807, 2.05) is 6.07 Å². The van der Waals surface area contributed by atoms with Gasteiger partial charge in [0.25, 0.3) is 0 Å². The van der Waals surface area contributed by atoms with Gasteiger partial charge < -0.3 is 10.5 Å². The van der Waals surface area contributed by atoms with Crippen LogP contribution in [-0.2, 0) is 0 Å². The number of anilines is 1. The number of benzene rings is 2. The second kappa shape index (κ2) is 4.77. The fraction of sp³-hybridized carbons (Fsp3) is 0. The monoisotopic (exact) mass is 244 g/mol. The van der Waals surface area contributed by atoms with Crippen molar-refractivity contribution >= 4 is 17.3 Å². The van der Waals surface area contributed by atoms with E-state index < -0.39 is 0 Å². The maximum absolute atomic E-state index is 8.85. The van der Waals surface area contributed by atoms with Crippen LogP contribution >= 0.6 is 11.6 Å². The molecule has 2 aromatic rings. The third kappa shape index (κ3) is 2.49. The smallest absolute Gasteiger partial charge is 0.151 e. The molecule has 0 aliphatic carbocycles. The van der Waals surface area contributed by atoms with Gasteiger partial charge in [-0.1, -0.05) is 23.7 Å². The lowest BCUT2D eigenvalue weighted by Gasteiger charge is -2.09. The summed E-state index contributed by atoms with van der Waals surface area (Å²) in [6.07, 6.45) is 0. The van der Waals surface area contributed by atoms with Crippen molar-refractivity contribution in [3.8, 4) is 17.6 Å². The fourth-order valence-corrected chi connectivity index (χ4v) is 1.57. The summed E-state index contributed by atoms with van der Waals surface area (Å²) in [5.41, 5.74) is 6.52. The number of hydrogen-bond donors (Lipinski definition) is 1. The van der Waals surface area contributed by atoms with Crippen LogP contribution in [0.5, 0.6) is 11.5 Å². The second-order valence-corrected chi connectivity index (χ2v) is 3.83. The molecule has 84 valence electrons. The van der Waals surface area contributed by atoms with Crippen molar-refractivity contribution < 1.29 is 4.74 Å². The lowest BCUT2D eigenvalue weighted by molar-refractivity contribution is 0.485. The van der Waals surface area contributed by atoms with E-state index >= 15 is 0 Å². The molecule has 0 aliphatic rings. The average molecular weight is 245 g/mol. The molecule has 0 radical (unpaired) electrons. The molecule has 17 heavy (non-hydrogen) atoms. The Morgan fingerprint density at radius 2 is 1.94 bits per heavy atom. The van der Waals surface area contributed by atoms with Crippen LogP contribution in [-0.4, -0.2) is 0 Å². The van der Waals surface area contributed by atoms with Crippen molar-refractivity contribution in [2.45, 2.75) is 0 Å². The molecule has 0 fully saturated rings. The molecule has 0 heterocycles. The minimum atomic E-state index is 0.329. The lowest BCUT2D eigenvalue weighted by Crippen LogP contribution is -1.95. The fourth-order valence-electron chi connectivity index (χ4n) is 1.39. The predicted octanol–water partition coefficient (Wildman–Crippen LogP) is 3.59. The zero-order valence-corrected chi connectivity index (χ0v) is 9.61. The Kier molecular flexibility index (Phi) is 3.17. The Bertz CT molecular complexity index is 590. The molecular formula is C13H9ClN2O. The van der Waals surface area contributed by atoms with Crippen LogP contribution in [0.25, 0.3) is 0 Å². The molecule has 3 nitrogen and oxygen atoms in total. The zero-order chi connectivity index (χ0) is 12.3. The quantitative estimate of drug-likeness (QED) is 0.822. The highest BCUT2D eigenvalue weighted by Crippen LogP contribution is 2.30. The van der Waals surface area contributed by atoms with Crippen molar-refractivity contribution in [1.29, 1.82) is 5.26 Å². The highest BCUT2D eigenvalue weighted by molar-refractivity contribution is 6.30. The number of halogens is 1. The van der Waals surface area contributed by atoms with Gasteiger partial charge in [-0.2, -0.15) is 5.26 Å². The maximum Gasteiger partial charge on any atom is 0.151 e. The highest BCUT2D eigenvalue weighted by Gasteiger charge is 2.06. The first kappa shape index (κ1) is 11.3. The number of rotatable bonds is 2.